The number of nitro groups is 1. The van der Waals surface area contributed by atoms with E-state index in [0.29, 0.717) is 19.1 Å². The smallest absolute Gasteiger partial charge is 0.281 e. The van der Waals surface area contributed by atoms with Gasteiger partial charge in [-0.15, -0.1) is 0 Å². The van der Waals surface area contributed by atoms with Crippen LogP contribution in [0.25, 0.3) is 0 Å². The van der Waals surface area contributed by atoms with Crippen LogP contribution in [-0.4, -0.2) is 23.1 Å². The Bertz CT molecular complexity index is 533. The first kappa shape index (κ1) is 16.4. The molecule has 1 aromatic carbocycles. The third-order valence-electron chi connectivity index (χ3n) is 2.43. The molecule has 1 rings (SSSR count). The zero-order valence-electron chi connectivity index (χ0n) is 10.3. The molecule has 0 fully saturated rings. The number of rotatable bonds is 8. The molecule has 0 bridgehead atoms. The molecule has 20 heavy (non-hydrogen) atoms. The molecule has 0 spiro atoms. The molecule has 0 unspecified atom stereocenters. The van der Waals surface area contributed by atoms with E-state index >= 15 is 0 Å². The summed E-state index contributed by atoms with van der Waals surface area (Å²) in [5, 5.41) is 10.3. The van der Waals surface area contributed by atoms with Gasteiger partial charge in [-0.05, 0) is 30.5 Å². The van der Waals surface area contributed by atoms with Gasteiger partial charge in [-0.25, -0.2) is 0 Å². The van der Waals surface area contributed by atoms with Gasteiger partial charge in [0.25, 0.3) is 5.69 Å². The zero-order valence-corrected chi connectivity index (χ0v) is 11.8. The number of nitrogens with zero attached hydrogens (tertiary/aromatic N) is 1. The molecule has 0 N–H and O–H groups in total. The monoisotopic (exact) mass is 319 g/mol. The number of benzene rings is 1. The molecule has 0 saturated heterocycles. The molecule has 0 atom stereocenters. The summed E-state index contributed by atoms with van der Waals surface area (Å²) in [6.07, 6.45) is 1.75. The largest absolute Gasteiger partial charge is 0.492 e. The topological polar surface area (TPSA) is 86.5 Å². The normalized spacial score (nSPS) is 10.1. The molecule has 0 aromatic heterocycles. The van der Waals surface area contributed by atoms with Crippen molar-refractivity contribution in [2.45, 2.75) is 19.3 Å². The second-order valence-electron chi connectivity index (χ2n) is 3.88. The van der Waals surface area contributed by atoms with Crippen LogP contribution in [0.15, 0.2) is 12.1 Å². The fourth-order valence-corrected chi connectivity index (χ4v) is 1.82. The summed E-state index contributed by atoms with van der Waals surface area (Å²) in [4.78, 5) is 31.3. The maximum Gasteiger partial charge on any atom is 0.281 e. The lowest BCUT2D eigenvalue weighted by atomic mass is 10.2. The summed E-state index contributed by atoms with van der Waals surface area (Å²) in [5.74, 6) is 0.191. The number of carbonyl (C=O) groups is 2. The minimum absolute atomic E-state index is 0.0516. The van der Waals surface area contributed by atoms with Crippen molar-refractivity contribution in [2.24, 2.45) is 0 Å². The van der Waals surface area contributed by atoms with Crippen molar-refractivity contribution in [3.63, 3.8) is 0 Å². The van der Waals surface area contributed by atoms with Gasteiger partial charge in [-0.3, -0.25) is 19.7 Å². The maximum absolute atomic E-state index is 10.8. The third-order valence-corrected chi connectivity index (χ3v) is 2.91. The highest BCUT2D eigenvalue weighted by molar-refractivity contribution is 6.63. The van der Waals surface area contributed by atoms with Gasteiger partial charge in [0.15, 0.2) is 6.29 Å². The zero-order chi connectivity index (χ0) is 15.1. The van der Waals surface area contributed by atoms with Crippen LogP contribution in [0.5, 0.6) is 5.75 Å². The van der Waals surface area contributed by atoms with Crippen molar-refractivity contribution in [1.29, 1.82) is 0 Å². The fraction of sp³-hybridized carbons (Fsp3) is 0.333. The van der Waals surface area contributed by atoms with E-state index < -0.39 is 10.2 Å². The number of nitro benzene ring substituents is 1. The van der Waals surface area contributed by atoms with E-state index in [1.807, 2.05) is 0 Å². The average Bonchev–Trinajstić information content (AvgIpc) is 2.39. The number of carbonyl (C=O) groups excluding carboxylic acids is 2. The molecular weight excluding hydrogens is 309 g/mol. The standard InChI is InChI=1S/C12H11Cl2NO5/c13-9-6-10(15(18)19)8(7-16)5-11(9)20-4-2-1-3-12(14)17/h5-7H,1-4H2. The minimum Gasteiger partial charge on any atom is -0.492 e. The number of unbranched alkanes of at least 4 members (excludes halogenated alkanes) is 1. The van der Waals surface area contributed by atoms with Gasteiger partial charge < -0.3 is 4.74 Å². The van der Waals surface area contributed by atoms with Crippen LogP contribution in [-0.2, 0) is 4.79 Å². The number of ether oxygens (including phenoxy) is 1. The lowest BCUT2D eigenvalue weighted by Crippen LogP contribution is -2.01. The quantitative estimate of drug-likeness (QED) is 0.241. The summed E-state index contributed by atoms with van der Waals surface area (Å²) >= 11 is 11.0. The van der Waals surface area contributed by atoms with E-state index in [0.717, 1.165) is 6.07 Å². The molecule has 108 valence electrons. The second-order valence-corrected chi connectivity index (χ2v) is 4.71. The summed E-state index contributed by atoms with van der Waals surface area (Å²) in [6, 6.07) is 2.29. The second kappa shape index (κ2) is 7.81. The Morgan fingerprint density at radius 2 is 2.10 bits per heavy atom. The molecule has 0 amide bonds. The highest BCUT2D eigenvalue weighted by atomic mass is 35.5. The van der Waals surface area contributed by atoms with Crippen LogP contribution in [0.2, 0.25) is 5.02 Å². The number of hydrogen-bond donors (Lipinski definition) is 0. The van der Waals surface area contributed by atoms with Crippen LogP contribution < -0.4 is 4.74 Å². The highest BCUT2D eigenvalue weighted by Crippen LogP contribution is 2.31. The van der Waals surface area contributed by atoms with Crippen LogP contribution in [0.4, 0.5) is 5.69 Å². The summed E-state index contributed by atoms with van der Waals surface area (Å²) in [5.41, 5.74) is -0.476. The third kappa shape index (κ3) is 4.79. The van der Waals surface area contributed by atoms with Crippen molar-refractivity contribution in [3.05, 3.63) is 32.8 Å². The Morgan fingerprint density at radius 3 is 2.65 bits per heavy atom. The molecule has 6 nitrogen and oxygen atoms in total. The number of halogens is 2. The summed E-state index contributed by atoms with van der Waals surface area (Å²) < 4.78 is 5.33. The van der Waals surface area contributed by atoms with Crippen LogP contribution in [0, 0.1) is 10.1 Å². The van der Waals surface area contributed by atoms with Crippen LogP contribution in [0.3, 0.4) is 0 Å². The Kier molecular flexibility index (Phi) is 6.41. The van der Waals surface area contributed by atoms with E-state index in [1.54, 1.807) is 0 Å². The molecule has 0 radical (unpaired) electrons. The molecule has 0 aliphatic carbocycles. The Labute approximate surface area is 124 Å². The van der Waals surface area contributed by atoms with Gasteiger partial charge in [0.1, 0.15) is 5.75 Å². The molecule has 0 saturated carbocycles. The summed E-state index contributed by atoms with van der Waals surface area (Å²) in [6.45, 7) is 0.264. The first-order valence-electron chi connectivity index (χ1n) is 5.70. The van der Waals surface area contributed by atoms with E-state index in [1.165, 1.54) is 6.07 Å². The number of aldehydes is 1. The van der Waals surface area contributed by atoms with Gasteiger partial charge >= 0.3 is 0 Å². The molecule has 0 aliphatic heterocycles. The first-order chi connectivity index (χ1) is 9.45. The van der Waals surface area contributed by atoms with Crippen molar-refractivity contribution in [3.8, 4) is 5.75 Å². The summed E-state index contributed by atoms with van der Waals surface area (Å²) in [7, 11) is 0. The Balaban J connectivity index is 2.69. The molecule has 1 aromatic rings. The van der Waals surface area contributed by atoms with Gasteiger partial charge in [0.2, 0.25) is 5.24 Å². The van der Waals surface area contributed by atoms with Crippen molar-refractivity contribution in [2.75, 3.05) is 6.61 Å². The van der Waals surface area contributed by atoms with Crippen molar-refractivity contribution >= 4 is 40.4 Å². The lowest BCUT2D eigenvalue weighted by Gasteiger charge is -2.08. The minimum atomic E-state index is -0.689. The predicted octanol–water partition coefficient (Wildman–Crippen LogP) is 3.38. The van der Waals surface area contributed by atoms with Gasteiger partial charge in [-0.2, -0.15) is 0 Å². The molecular formula is C12H11Cl2NO5. The van der Waals surface area contributed by atoms with Gasteiger partial charge in [0, 0.05) is 12.5 Å². The van der Waals surface area contributed by atoms with E-state index in [2.05, 4.69) is 0 Å². The van der Waals surface area contributed by atoms with Crippen molar-refractivity contribution in [1.82, 2.24) is 0 Å². The SMILES string of the molecule is O=Cc1cc(OCCCCC(=O)Cl)c(Cl)cc1[N+](=O)[O-]. The fourth-order valence-electron chi connectivity index (χ4n) is 1.47. The number of hydrogen-bond acceptors (Lipinski definition) is 5. The Morgan fingerprint density at radius 1 is 1.40 bits per heavy atom. The maximum atomic E-state index is 10.8. The lowest BCUT2D eigenvalue weighted by molar-refractivity contribution is -0.385. The van der Waals surface area contributed by atoms with Crippen LogP contribution >= 0.6 is 23.2 Å². The van der Waals surface area contributed by atoms with E-state index in [-0.39, 0.29) is 35.1 Å². The van der Waals surface area contributed by atoms with Crippen molar-refractivity contribution < 1.29 is 19.2 Å². The molecule has 8 heteroatoms. The van der Waals surface area contributed by atoms with Crippen LogP contribution in [0.1, 0.15) is 29.6 Å². The van der Waals surface area contributed by atoms with E-state index in [4.69, 9.17) is 27.9 Å². The molecule has 0 heterocycles. The highest BCUT2D eigenvalue weighted by Gasteiger charge is 2.17. The molecule has 0 aliphatic rings. The van der Waals surface area contributed by atoms with Gasteiger partial charge in [0.05, 0.1) is 22.1 Å². The predicted molar refractivity (Wildman–Crippen MR) is 73.7 cm³/mol. The average molecular weight is 320 g/mol. The van der Waals surface area contributed by atoms with E-state index in [9.17, 15) is 19.7 Å². The first-order valence-corrected chi connectivity index (χ1v) is 6.45. The van der Waals surface area contributed by atoms with Gasteiger partial charge in [-0.1, -0.05) is 11.6 Å². The Hall–Kier alpha value is -1.66.